The molecule has 0 aromatic carbocycles. The molecule has 0 saturated carbocycles. The molecule has 0 amide bonds. The van der Waals surface area contributed by atoms with Crippen LogP contribution in [0.2, 0.25) is 0 Å². The number of hydrogen-bond acceptors (Lipinski definition) is 4. The van der Waals surface area contributed by atoms with Crippen molar-refractivity contribution in [2.45, 2.75) is 0 Å². The molecule has 10 heteroatoms. The van der Waals surface area contributed by atoms with Gasteiger partial charge in [-0.25, -0.2) is 0 Å². The van der Waals surface area contributed by atoms with Gasteiger partial charge in [0.05, 0.1) is 0 Å². The maximum Gasteiger partial charge on any atom is 0 e. The van der Waals surface area contributed by atoms with Crippen molar-refractivity contribution in [1.82, 2.24) is 0 Å². The van der Waals surface area contributed by atoms with Gasteiger partial charge in [0, 0.05) is 19.5 Å². The summed E-state index contributed by atoms with van der Waals surface area (Å²) in [7, 11) is -9.24. The Morgan fingerprint density at radius 2 is 1.09 bits per heavy atom. The molecule has 2 N–H and O–H groups in total. The molecule has 6 nitrogen and oxygen atoms in total. The van der Waals surface area contributed by atoms with E-state index in [1.54, 1.807) is 0 Å². The van der Waals surface area contributed by atoms with E-state index >= 15 is 0 Å². The van der Waals surface area contributed by atoms with Crippen molar-refractivity contribution in [1.29, 1.82) is 0 Å². The van der Waals surface area contributed by atoms with Gasteiger partial charge in [0.1, 0.15) is 0 Å². The molecule has 0 aliphatic carbocycles. The second kappa shape index (κ2) is 5.98. The second-order valence-electron chi connectivity index (χ2n) is 1.28. The van der Waals surface area contributed by atoms with Crippen molar-refractivity contribution < 1.29 is 45.4 Å². The van der Waals surface area contributed by atoms with E-state index in [2.05, 4.69) is 0 Å². The Morgan fingerprint density at radius 3 is 1.09 bits per heavy atom. The van der Waals surface area contributed by atoms with E-state index in [-0.39, 0.29) is 49.0 Å². The van der Waals surface area contributed by atoms with Crippen molar-refractivity contribution in [3.05, 3.63) is 0 Å². The Morgan fingerprint density at radius 1 is 0.909 bits per heavy atom. The first kappa shape index (κ1) is 18.3. The van der Waals surface area contributed by atoms with Crippen LogP contribution in [0.4, 0.5) is 0 Å². The van der Waals surface area contributed by atoms with Crippen LogP contribution in [0.25, 0.3) is 0 Å². The van der Waals surface area contributed by atoms with Crippen LogP contribution < -0.4 is 0 Å². The van der Waals surface area contributed by atoms with Crippen molar-refractivity contribution in [2.24, 2.45) is 0 Å². The van der Waals surface area contributed by atoms with E-state index in [1.165, 1.54) is 0 Å². The molecular weight excluding hydrogens is 261 g/mol. The third kappa shape index (κ3) is 18.4. The van der Waals surface area contributed by atoms with Crippen LogP contribution in [0.3, 0.4) is 0 Å². The molecule has 0 aromatic heterocycles. The zero-order chi connectivity index (χ0) is 7.71. The van der Waals surface area contributed by atoms with Gasteiger partial charge in [0.15, 0.2) is 0 Å². The molecule has 0 atom stereocenters. The van der Waals surface area contributed by atoms with Gasteiger partial charge in [-0.15, -0.1) is 0 Å². The topological polar surface area (TPSA) is 109 Å². The SMILES string of the molecule is O=S(=O)(O)CS(=O)(=O)O.[NaH].[Zn]. The first-order valence-electron chi connectivity index (χ1n) is 1.61. The van der Waals surface area contributed by atoms with Gasteiger partial charge < -0.3 is 0 Å². The zero-order valence-corrected chi connectivity index (χ0v) is 9.36. The van der Waals surface area contributed by atoms with Gasteiger partial charge in [-0.05, 0) is 0 Å². The van der Waals surface area contributed by atoms with E-state index in [1.807, 2.05) is 0 Å². The van der Waals surface area contributed by atoms with E-state index in [0.29, 0.717) is 0 Å². The molecule has 0 spiro atoms. The van der Waals surface area contributed by atoms with Gasteiger partial charge >= 0.3 is 29.6 Å². The van der Waals surface area contributed by atoms with Crippen molar-refractivity contribution in [2.75, 3.05) is 5.08 Å². The molecule has 0 unspecified atom stereocenters. The minimum atomic E-state index is -4.62. The van der Waals surface area contributed by atoms with E-state index in [9.17, 15) is 16.8 Å². The molecular formula is CH5NaO6S2Zn. The summed E-state index contributed by atoms with van der Waals surface area (Å²) in [6.45, 7) is 0. The molecule has 0 aliphatic heterocycles. The third-order valence-electron chi connectivity index (χ3n) is 0.298. The Kier molecular flexibility index (Phi) is 9.94. The van der Waals surface area contributed by atoms with Crippen LogP contribution in [0.1, 0.15) is 0 Å². The summed E-state index contributed by atoms with van der Waals surface area (Å²) in [5.41, 5.74) is 0. The molecule has 0 bridgehead atoms. The molecule has 0 radical (unpaired) electrons. The van der Waals surface area contributed by atoms with Crippen molar-refractivity contribution in [3.8, 4) is 0 Å². The van der Waals surface area contributed by atoms with Gasteiger partial charge in [-0.1, -0.05) is 0 Å². The molecule has 0 aromatic rings. The Labute approximate surface area is 99.3 Å². The summed E-state index contributed by atoms with van der Waals surface area (Å²) in [6.07, 6.45) is 0. The largest absolute Gasteiger partial charge is 0 e. The Bertz CT molecular complexity index is 246. The van der Waals surface area contributed by atoms with Crippen molar-refractivity contribution in [3.63, 3.8) is 0 Å². The summed E-state index contributed by atoms with van der Waals surface area (Å²) in [6, 6.07) is 0. The molecule has 0 heterocycles. The molecule has 0 saturated heterocycles. The second-order valence-corrected chi connectivity index (χ2v) is 4.55. The molecule has 0 rings (SSSR count). The smallest absolute Gasteiger partial charge is 0 e. The fourth-order valence-electron chi connectivity index (χ4n) is 0.188. The van der Waals surface area contributed by atoms with Crippen molar-refractivity contribution >= 4 is 49.8 Å². The predicted octanol–water partition coefficient (Wildman–Crippen LogP) is -1.93. The first-order valence-corrected chi connectivity index (χ1v) is 4.83. The fourth-order valence-corrected chi connectivity index (χ4v) is 1.69. The van der Waals surface area contributed by atoms with Crippen LogP contribution in [0, 0.1) is 0 Å². The minimum absolute atomic E-state index is 0. The van der Waals surface area contributed by atoms with E-state index in [4.69, 9.17) is 9.11 Å². The van der Waals surface area contributed by atoms with Gasteiger partial charge in [0.2, 0.25) is 5.08 Å². The average Bonchev–Trinajstić information content (AvgIpc) is 1.14. The maximum absolute atomic E-state index is 9.66. The van der Waals surface area contributed by atoms with Crippen LogP contribution in [0.15, 0.2) is 0 Å². The van der Waals surface area contributed by atoms with E-state index < -0.39 is 25.3 Å². The summed E-state index contributed by atoms with van der Waals surface area (Å²) in [5.74, 6) is 0. The molecule has 0 aliphatic rings. The summed E-state index contributed by atoms with van der Waals surface area (Å²) in [5, 5.41) is -1.65. The normalized spacial score (nSPS) is 11.1. The average molecular weight is 266 g/mol. The minimum Gasteiger partial charge on any atom is 0 e. The quantitative estimate of drug-likeness (QED) is 0.444. The van der Waals surface area contributed by atoms with Crippen LogP contribution in [-0.2, 0) is 39.7 Å². The predicted molar refractivity (Wildman–Crippen MR) is 35.1 cm³/mol. The zero-order valence-electron chi connectivity index (χ0n) is 4.76. The van der Waals surface area contributed by atoms with Gasteiger partial charge in [-0.2, -0.15) is 16.8 Å². The maximum atomic E-state index is 9.66. The molecule has 60 valence electrons. The fraction of sp³-hybridized carbons (Fsp3) is 1.00. The Hall–Kier alpha value is 1.44. The Balaban J connectivity index is -0.000000320. The van der Waals surface area contributed by atoms with E-state index in [0.717, 1.165) is 0 Å². The van der Waals surface area contributed by atoms with Crippen LogP contribution in [-0.4, -0.2) is 60.6 Å². The summed E-state index contributed by atoms with van der Waals surface area (Å²) < 4.78 is 54.2. The molecule has 11 heavy (non-hydrogen) atoms. The summed E-state index contributed by atoms with van der Waals surface area (Å²) in [4.78, 5) is 0. The summed E-state index contributed by atoms with van der Waals surface area (Å²) >= 11 is 0. The van der Waals surface area contributed by atoms with Gasteiger partial charge in [0.25, 0.3) is 20.2 Å². The number of rotatable bonds is 2. The standard InChI is InChI=1S/CH4O6S2.Na.Zn.H/c2-8(3,4)1-9(5,6)7;;;/h1H2,(H,2,3,4)(H,5,6,7);;;. The number of hydrogen-bond donors (Lipinski definition) is 2. The molecule has 0 fully saturated rings. The third-order valence-corrected chi connectivity index (χ3v) is 2.68. The van der Waals surface area contributed by atoms with Gasteiger partial charge in [-0.3, -0.25) is 9.11 Å². The van der Waals surface area contributed by atoms with Crippen LogP contribution >= 0.6 is 0 Å². The first-order chi connectivity index (χ1) is 3.71. The monoisotopic (exact) mass is 264 g/mol. The van der Waals surface area contributed by atoms with Crippen LogP contribution in [0.5, 0.6) is 0 Å².